The minimum atomic E-state index is -0.831. The maximum absolute atomic E-state index is 14.3. The van der Waals surface area contributed by atoms with E-state index in [1.165, 1.54) is 0 Å². The summed E-state index contributed by atoms with van der Waals surface area (Å²) in [5.41, 5.74) is 9.18. The van der Waals surface area contributed by atoms with Crippen LogP contribution < -0.4 is 41.4 Å². The molecule has 5 aromatic rings. The van der Waals surface area contributed by atoms with E-state index in [1.807, 2.05) is 63.4 Å². The average Bonchev–Trinajstić information content (AvgIpc) is 3.95. The molecule has 19 heteroatoms. The normalized spacial score (nSPS) is 15.6. The van der Waals surface area contributed by atoms with Gasteiger partial charge in [0.05, 0.1) is 12.2 Å². The number of anilines is 2. The van der Waals surface area contributed by atoms with Gasteiger partial charge in [-0.15, -0.1) is 0 Å². The molecule has 7 amide bonds. The topological polar surface area (TPSA) is 230 Å². The number of hydrogen-bond acceptors (Lipinski definition) is 10. The number of alkyl carbamates (subject to hydrolysis) is 1. The van der Waals surface area contributed by atoms with Crippen LogP contribution in [0, 0.1) is 11.8 Å². The van der Waals surface area contributed by atoms with Crippen molar-refractivity contribution in [1.82, 2.24) is 30.7 Å². The van der Waals surface area contributed by atoms with Gasteiger partial charge in [-0.3, -0.25) is 14.4 Å². The lowest BCUT2D eigenvalue weighted by atomic mass is 9.95. The minimum Gasteiger partial charge on any atom is -0.492 e. The number of aromatic amines is 1. The van der Waals surface area contributed by atoms with Crippen molar-refractivity contribution in [1.29, 1.82) is 0 Å². The van der Waals surface area contributed by atoms with Crippen LogP contribution in [0.15, 0.2) is 78.9 Å². The van der Waals surface area contributed by atoms with Gasteiger partial charge < -0.3 is 60.9 Å². The van der Waals surface area contributed by atoms with Crippen molar-refractivity contribution in [3.63, 3.8) is 0 Å². The number of H-pyrrole nitrogens is 1. The van der Waals surface area contributed by atoms with E-state index in [9.17, 15) is 28.8 Å². The highest BCUT2D eigenvalue weighted by Crippen LogP contribution is 2.46. The summed E-state index contributed by atoms with van der Waals surface area (Å²) in [6.45, 7) is 9.33. The number of nitrogens with two attached hydrogens (primary N) is 1. The molecule has 0 saturated carbocycles. The number of benzene rings is 4. The molecule has 1 saturated heterocycles. The fraction of sp³-hybridized carbons (Fsp3) is 0.400. The summed E-state index contributed by atoms with van der Waals surface area (Å²) in [4.78, 5) is 86.1. The van der Waals surface area contributed by atoms with Gasteiger partial charge in [-0.25, -0.2) is 14.4 Å². The van der Waals surface area contributed by atoms with E-state index in [0.717, 1.165) is 40.3 Å². The monoisotopic (exact) mass is 1010 g/mol. The van der Waals surface area contributed by atoms with Crippen LogP contribution in [0.25, 0.3) is 21.7 Å². The van der Waals surface area contributed by atoms with Crippen molar-refractivity contribution in [3.8, 4) is 11.5 Å². The number of piperazine rings is 1. The van der Waals surface area contributed by atoms with Gasteiger partial charge in [-0.2, -0.15) is 0 Å². The molecule has 18 nitrogen and oxygen atoms in total. The highest BCUT2D eigenvalue weighted by atomic mass is 79.9. The quantitative estimate of drug-likeness (QED) is 0.0403. The van der Waals surface area contributed by atoms with Crippen LogP contribution in [0.5, 0.6) is 11.5 Å². The van der Waals surface area contributed by atoms with Crippen molar-refractivity contribution in [2.45, 2.75) is 52.2 Å². The molecular weight excluding hydrogens is 951 g/mol. The maximum Gasteiger partial charge on any atom is 0.415 e. The number of ether oxygens (including phenoxy) is 3. The highest BCUT2D eigenvalue weighted by Gasteiger charge is 2.36. The van der Waals surface area contributed by atoms with Gasteiger partial charge in [-0.1, -0.05) is 73.1 Å². The van der Waals surface area contributed by atoms with Crippen LogP contribution in [-0.4, -0.2) is 122 Å². The third kappa shape index (κ3) is 12.6. The van der Waals surface area contributed by atoms with E-state index in [-0.39, 0.29) is 62.3 Å². The maximum atomic E-state index is 14.3. The van der Waals surface area contributed by atoms with E-state index in [1.54, 1.807) is 53.1 Å². The Labute approximate surface area is 409 Å². The van der Waals surface area contributed by atoms with Crippen molar-refractivity contribution >= 4 is 84.9 Å². The first-order valence-corrected chi connectivity index (χ1v) is 24.3. The average molecular weight is 1010 g/mol. The molecule has 1 fully saturated rings. The lowest BCUT2D eigenvalue weighted by molar-refractivity contribution is -0.130. The van der Waals surface area contributed by atoms with Crippen LogP contribution in [0.2, 0.25) is 0 Å². The first-order valence-electron chi connectivity index (χ1n) is 23.2. The van der Waals surface area contributed by atoms with Crippen LogP contribution >= 0.6 is 15.9 Å². The van der Waals surface area contributed by atoms with Gasteiger partial charge in [0.1, 0.15) is 36.4 Å². The van der Waals surface area contributed by atoms with Gasteiger partial charge >= 0.3 is 18.2 Å². The van der Waals surface area contributed by atoms with Crippen LogP contribution in [0.1, 0.15) is 61.1 Å². The molecule has 0 spiro atoms. The molecule has 69 heavy (non-hydrogen) atoms. The minimum absolute atomic E-state index is 0.0113. The number of hydrogen-bond donors (Lipinski definition) is 6. The molecule has 2 aliphatic rings. The Morgan fingerprint density at radius 3 is 2.32 bits per heavy atom. The summed E-state index contributed by atoms with van der Waals surface area (Å²) in [6.07, 6.45) is -0.341. The first-order chi connectivity index (χ1) is 33.2. The number of urea groups is 1. The van der Waals surface area contributed by atoms with Gasteiger partial charge in [-0.05, 0) is 78.7 Å². The Balaban J connectivity index is 0.899. The summed E-state index contributed by atoms with van der Waals surface area (Å²) in [5, 5.41) is 14.0. The highest BCUT2D eigenvalue weighted by molar-refractivity contribution is 9.09. The van der Waals surface area contributed by atoms with Gasteiger partial charge in [0.25, 0.3) is 5.91 Å². The first kappa shape index (κ1) is 50.0. The number of carbonyl (C=O) groups excluding carboxylic acids is 6. The summed E-state index contributed by atoms with van der Waals surface area (Å²) in [5.74, 6) is -0.117. The Bertz CT molecular complexity index is 2670. The van der Waals surface area contributed by atoms with Crippen molar-refractivity contribution in [2.75, 3.05) is 75.0 Å². The molecular formula is C50H60BrN9O9. The molecule has 0 aliphatic carbocycles. The summed E-state index contributed by atoms with van der Waals surface area (Å²) >= 11 is 3.68. The smallest absolute Gasteiger partial charge is 0.415 e. The predicted octanol–water partition coefficient (Wildman–Crippen LogP) is 6.68. The number of rotatable bonds is 18. The Kier molecular flexibility index (Phi) is 16.6. The molecule has 0 unspecified atom stereocenters. The molecule has 3 heterocycles. The second-order valence-electron chi connectivity index (χ2n) is 17.8. The zero-order valence-electron chi connectivity index (χ0n) is 39.3. The number of nitrogens with zero attached hydrogens (tertiary/aromatic N) is 3. The number of fused-ring (bicyclic) bond motifs is 4. The molecule has 2 aliphatic heterocycles. The number of nitrogens with one attached hydrogen (secondary N) is 5. The molecule has 4 aromatic carbocycles. The fourth-order valence-corrected chi connectivity index (χ4v) is 8.78. The second-order valence-corrected chi connectivity index (χ2v) is 18.4. The Morgan fingerprint density at radius 1 is 0.870 bits per heavy atom. The fourth-order valence-electron chi connectivity index (χ4n) is 8.25. The number of primary amides is 1. The number of aromatic nitrogens is 1. The molecule has 7 N–H and O–H groups in total. The lowest BCUT2D eigenvalue weighted by Gasteiger charge is -2.31. The summed E-state index contributed by atoms with van der Waals surface area (Å²) in [7, 11) is 2.03. The van der Waals surface area contributed by atoms with E-state index >= 15 is 0 Å². The van der Waals surface area contributed by atoms with Gasteiger partial charge in [0.15, 0.2) is 0 Å². The molecule has 0 bridgehead atoms. The van der Waals surface area contributed by atoms with Crippen molar-refractivity contribution in [2.24, 2.45) is 17.6 Å². The largest absolute Gasteiger partial charge is 0.492 e. The number of likely N-dealkylation sites (N-methyl/N-ethyl adjacent to an activating group) is 1. The predicted molar refractivity (Wildman–Crippen MR) is 267 cm³/mol. The van der Waals surface area contributed by atoms with Crippen LogP contribution in [0.3, 0.4) is 0 Å². The number of alkyl halides is 1. The molecule has 3 atom stereocenters. The van der Waals surface area contributed by atoms with E-state index in [0.29, 0.717) is 65.5 Å². The summed E-state index contributed by atoms with van der Waals surface area (Å²) < 4.78 is 17.4. The third-order valence-corrected chi connectivity index (χ3v) is 13.4. The third-order valence-electron chi connectivity index (χ3n) is 12.6. The standard InChI is InChI=1S/C50H60BrN9O9/c1-30(2)31(3)45(61)57-40(10-7-17-53-48(52)64)46(62)55-35-13-11-32(12-14-35)29-68-49(65)54-18-23-67-36-15-16-39-33(24-36)25-41(56-39)47(63)60-28-34(27-51)44-38-9-6-5-8-37(38)43(26-42(44)60)69-50(66)59-21-19-58(4)20-22-59/h5-6,8-9,11-16,24-26,30-31,34,40,56H,7,10,17-23,27-29H2,1-4H3,(H,54,65)(H,55,62)(H,57,61)(H3,52,53,64)/t31-,34+,40-/m0/s1. The van der Waals surface area contributed by atoms with E-state index in [4.69, 9.17) is 19.9 Å². The summed E-state index contributed by atoms with van der Waals surface area (Å²) in [6, 6.07) is 22.1. The van der Waals surface area contributed by atoms with Gasteiger partial charge in [0.2, 0.25) is 11.8 Å². The zero-order chi connectivity index (χ0) is 49.2. The van der Waals surface area contributed by atoms with Crippen LogP contribution in [0.4, 0.5) is 25.8 Å². The van der Waals surface area contributed by atoms with E-state index < -0.39 is 30.2 Å². The number of halogens is 1. The van der Waals surface area contributed by atoms with Gasteiger partial charge in [0, 0.05) is 84.5 Å². The lowest BCUT2D eigenvalue weighted by Crippen LogP contribution is -2.48. The second kappa shape index (κ2) is 23.0. The Morgan fingerprint density at radius 2 is 1.61 bits per heavy atom. The SMILES string of the molecule is CC(C)[C@H](C)C(=O)N[C@@H](CCCNC(N)=O)C(=O)Nc1ccc(COC(=O)NCCOc2ccc3[nH]c(C(=O)N4C[C@@H](CBr)c5c4cc(OC(=O)N4CCN(C)CC4)c4ccccc54)cc3c2)cc1. The molecule has 1 aromatic heterocycles. The number of carbonyl (C=O) groups is 6. The number of amides is 7. The molecule has 366 valence electrons. The molecule has 0 radical (unpaired) electrons. The van der Waals surface area contributed by atoms with Crippen LogP contribution in [-0.2, 0) is 20.9 Å². The molecule has 7 rings (SSSR count). The zero-order valence-corrected chi connectivity index (χ0v) is 40.9. The van der Waals surface area contributed by atoms with E-state index in [2.05, 4.69) is 47.1 Å². The van der Waals surface area contributed by atoms with Crippen molar-refractivity contribution in [3.05, 3.63) is 95.7 Å². The Hall–Kier alpha value is -6.86. The van der Waals surface area contributed by atoms with Crippen molar-refractivity contribution < 1.29 is 43.0 Å².